The number of aromatic nitrogens is 4. The van der Waals surface area contributed by atoms with E-state index in [4.69, 9.17) is 22.3 Å². The van der Waals surface area contributed by atoms with Crippen molar-refractivity contribution in [2.24, 2.45) is 0 Å². The zero-order valence-electron chi connectivity index (χ0n) is 25.1. The van der Waals surface area contributed by atoms with E-state index in [2.05, 4.69) is 38.6 Å². The molecule has 4 N–H and O–H groups in total. The molecule has 0 radical (unpaired) electrons. The van der Waals surface area contributed by atoms with Crippen LogP contribution in [0.3, 0.4) is 0 Å². The highest BCUT2D eigenvalue weighted by atomic mass is 35.5. The first-order valence-electron chi connectivity index (χ1n) is 14.1. The van der Waals surface area contributed by atoms with Crippen LogP contribution in [0, 0.1) is 12.7 Å². The number of carbonyl (C=O) groups excluding carboxylic acids is 1. The first kappa shape index (κ1) is 30.1. The Bertz CT molecular complexity index is 1750. The van der Waals surface area contributed by atoms with Crippen LogP contribution in [0.5, 0.6) is 0 Å². The minimum Gasteiger partial charge on any atom is -0.382 e. The van der Waals surface area contributed by atoms with Crippen LogP contribution in [-0.4, -0.2) is 81.7 Å². The second-order valence-corrected chi connectivity index (χ2v) is 11.7. The Kier molecular flexibility index (Phi) is 8.20. The van der Waals surface area contributed by atoms with Crippen LogP contribution in [0.1, 0.15) is 25.8 Å². The third-order valence-electron chi connectivity index (χ3n) is 8.12. The molecule has 0 spiro atoms. The predicted octanol–water partition coefficient (Wildman–Crippen LogP) is 5.35. The molecule has 2 aromatic carbocycles. The quantitative estimate of drug-likeness (QED) is 0.230. The lowest BCUT2D eigenvalue weighted by molar-refractivity contribution is -0.128. The standard InChI is InChI=1S/C31H37ClFN9O/c1-8-23(43)41-14-19(5)42(15-18(41)4)30-20-13-21(32)25(24-16(2)9-10-22-26(24)29(34)39-38-22)27(33)28(20)36-31(37-30)35-12-11-17(3)40(6)7/h8-10,13,18-19H,1,3,11-12,14-15H2,2,4-7H3,(H3,34,38,39)(H,35,36,37)/t18-,19+/m1/s1. The van der Waals surface area contributed by atoms with E-state index in [1.165, 1.54) is 6.08 Å². The van der Waals surface area contributed by atoms with Crippen LogP contribution in [0.4, 0.5) is 22.0 Å². The van der Waals surface area contributed by atoms with E-state index in [0.717, 1.165) is 11.3 Å². The normalized spacial score (nSPS) is 17.0. The van der Waals surface area contributed by atoms with E-state index in [-0.39, 0.29) is 45.9 Å². The molecule has 10 nitrogen and oxygen atoms in total. The second-order valence-electron chi connectivity index (χ2n) is 11.3. The molecule has 1 fully saturated rings. The van der Waals surface area contributed by atoms with Gasteiger partial charge in [-0.3, -0.25) is 9.89 Å². The van der Waals surface area contributed by atoms with Gasteiger partial charge in [0.15, 0.2) is 11.6 Å². The molecule has 0 bridgehead atoms. The number of hydrogen-bond donors (Lipinski definition) is 3. The molecule has 3 heterocycles. The Balaban J connectivity index is 1.69. The van der Waals surface area contributed by atoms with Gasteiger partial charge in [0.1, 0.15) is 11.3 Å². The van der Waals surface area contributed by atoms with E-state index >= 15 is 4.39 Å². The molecule has 0 saturated carbocycles. The number of fused-ring (bicyclic) bond motifs is 2. The van der Waals surface area contributed by atoms with Crippen molar-refractivity contribution < 1.29 is 9.18 Å². The van der Waals surface area contributed by atoms with Gasteiger partial charge in [-0.15, -0.1) is 0 Å². The maximum atomic E-state index is 16.9. The van der Waals surface area contributed by atoms with Gasteiger partial charge in [-0.05, 0) is 44.5 Å². The number of nitrogens with two attached hydrogens (primary N) is 1. The average molecular weight is 606 g/mol. The fraction of sp³-hybridized carbons (Fsp3) is 0.355. The molecular weight excluding hydrogens is 569 g/mol. The van der Waals surface area contributed by atoms with Gasteiger partial charge in [0, 0.05) is 74.4 Å². The maximum absolute atomic E-state index is 16.9. The van der Waals surface area contributed by atoms with Crippen molar-refractivity contribution in [2.75, 3.05) is 49.7 Å². The van der Waals surface area contributed by atoms with Crippen LogP contribution >= 0.6 is 11.6 Å². The third-order valence-corrected chi connectivity index (χ3v) is 8.42. The summed E-state index contributed by atoms with van der Waals surface area (Å²) in [6.07, 6.45) is 1.98. The number of rotatable bonds is 8. The van der Waals surface area contributed by atoms with Crippen molar-refractivity contribution in [2.45, 2.75) is 39.3 Å². The highest BCUT2D eigenvalue weighted by Crippen LogP contribution is 2.43. The largest absolute Gasteiger partial charge is 0.382 e. The molecule has 226 valence electrons. The van der Waals surface area contributed by atoms with E-state index in [0.29, 0.717) is 53.7 Å². The number of H-pyrrole nitrogens is 1. The van der Waals surface area contributed by atoms with Crippen molar-refractivity contribution in [3.05, 3.63) is 59.5 Å². The zero-order chi connectivity index (χ0) is 31.2. The number of halogens is 2. The highest BCUT2D eigenvalue weighted by Gasteiger charge is 2.34. The number of nitrogens with one attached hydrogen (secondary N) is 2. The molecular formula is C31H37ClFN9O. The van der Waals surface area contributed by atoms with Gasteiger partial charge < -0.3 is 25.8 Å². The number of aryl methyl sites for hydroxylation is 1. The van der Waals surface area contributed by atoms with Crippen molar-refractivity contribution >= 4 is 56.9 Å². The summed E-state index contributed by atoms with van der Waals surface area (Å²) in [5.41, 5.74) is 9.50. The zero-order valence-corrected chi connectivity index (χ0v) is 25.9. The summed E-state index contributed by atoms with van der Waals surface area (Å²) in [6, 6.07) is 5.19. The van der Waals surface area contributed by atoms with Crippen LogP contribution in [0.25, 0.3) is 32.9 Å². The molecule has 1 aliphatic heterocycles. The Hall–Kier alpha value is -4.38. The molecule has 0 unspecified atom stereocenters. The number of nitrogens with zero attached hydrogens (tertiary/aromatic N) is 6. The molecule has 5 rings (SSSR count). The molecule has 0 aliphatic carbocycles. The molecule has 1 aliphatic rings. The fourth-order valence-electron chi connectivity index (χ4n) is 5.66. The summed E-state index contributed by atoms with van der Waals surface area (Å²) < 4.78 is 16.9. The van der Waals surface area contributed by atoms with Gasteiger partial charge in [0.05, 0.1) is 15.9 Å². The number of hydrogen-bond acceptors (Lipinski definition) is 8. The van der Waals surface area contributed by atoms with Crippen LogP contribution in [0.2, 0.25) is 5.02 Å². The third kappa shape index (κ3) is 5.45. The molecule has 2 atom stereocenters. The number of piperazine rings is 1. The molecule has 1 saturated heterocycles. The lowest BCUT2D eigenvalue weighted by atomic mass is 9.94. The monoisotopic (exact) mass is 605 g/mol. The lowest BCUT2D eigenvalue weighted by Crippen LogP contribution is -2.58. The summed E-state index contributed by atoms with van der Waals surface area (Å²) in [6.45, 7) is 15.0. The van der Waals surface area contributed by atoms with Gasteiger partial charge in [0.25, 0.3) is 0 Å². The Morgan fingerprint density at radius 1 is 1.26 bits per heavy atom. The van der Waals surface area contributed by atoms with Crippen LogP contribution < -0.4 is 16.0 Å². The van der Waals surface area contributed by atoms with E-state index in [1.54, 1.807) is 11.0 Å². The first-order valence-corrected chi connectivity index (χ1v) is 14.5. The van der Waals surface area contributed by atoms with Crippen LogP contribution in [-0.2, 0) is 4.79 Å². The number of benzene rings is 2. The first-order chi connectivity index (χ1) is 20.4. The van der Waals surface area contributed by atoms with Gasteiger partial charge in [-0.25, -0.2) is 9.37 Å². The predicted molar refractivity (Wildman–Crippen MR) is 173 cm³/mol. The SMILES string of the molecule is C=CC(=O)N1C[C@H](C)N(c2nc(NCCC(=C)N(C)C)nc3c(F)c(-c4c(C)ccc5[nH]nc(N)c45)c(Cl)cc23)C[C@H]1C. The molecule has 1 amide bonds. The van der Waals surface area contributed by atoms with Gasteiger partial charge in [-0.2, -0.15) is 10.1 Å². The smallest absolute Gasteiger partial charge is 0.246 e. The summed E-state index contributed by atoms with van der Waals surface area (Å²) >= 11 is 6.90. The van der Waals surface area contributed by atoms with E-state index in [1.807, 2.05) is 51.9 Å². The maximum Gasteiger partial charge on any atom is 0.246 e. The fourth-order valence-corrected chi connectivity index (χ4v) is 5.95. The molecule has 43 heavy (non-hydrogen) atoms. The topological polar surface area (TPSA) is 119 Å². The minimum atomic E-state index is -0.579. The molecule has 12 heteroatoms. The Morgan fingerprint density at radius 2 is 2.00 bits per heavy atom. The molecule has 2 aromatic heterocycles. The lowest BCUT2D eigenvalue weighted by Gasteiger charge is -2.44. The summed E-state index contributed by atoms with van der Waals surface area (Å²) in [4.78, 5) is 27.9. The van der Waals surface area contributed by atoms with Crippen molar-refractivity contribution in [1.82, 2.24) is 30.0 Å². The average Bonchev–Trinajstić information content (AvgIpc) is 3.35. The van der Waals surface area contributed by atoms with Gasteiger partial charge in [0.2, 0.25) is 11.9 Å². The second kappa shape index (κ2) is 11.7. The number of amides is 1. The number of aromatic amines is 1. The van der Waals surface area contributed by atoms with Crippen molar-refractivity contribution in [3.63, 3.8) is 0 Å². The minimum absolute atomic E-state index is 0.122. The van der Waals surface area contributed by atoms with Crippen molar-refractivity contribution in [1.29, 1.82) is 0 Å². The number of nitrogen functional groups attached to an aromatic ring is 1. The van der Waals surface area contributed by atoms with E-state index < -0.39 is 5.82 Å². The van der Waals surface area contributed by atoms with Crippen LogP contribution in [0.15, 0.2) is 43.1 Å². The van der Waals surface area contributed by atoms with E-state index in [9.17, 15) is 4.79 Å². The summed E-state index contributed by atoms with van der Waals surface area (Å²) in [5.74, 6) is 0.365. The number of carbonyl (C=O) groups is 1. The molecule has 4 aromatic rings. The van der Waals surface area contributed by atoms with Crippen molar-refractivity contribution in [3.8, 4) is 11.1 Å². The summed E-state index contributed by atoms with van der Waals surface area (Å²) in [5, 5.41) is 11.6. The Morgan fingerprint density at radius 3 is 2.70 bits per heavy atom. The Labute approximate surface area is 255 Å². The number of anilines is 3. The summed E-state index contributed by atoms with van der Waals surface area (Å²) in [7, 11) is 3.87. The highest BCUT2D eigenvalue weighted by molar-refractivity contribution is 6.35. The van der Waals surface area contributed by atoms with Gasteiger partial charge in [-0.1, -0.05) is 30.8 Å². The van der Waals surface area contributed by atoms with Gasteiger partial charge >= 0.3 is 0 Å².